The molecule has 1 saturated heterocycles. The second kappa shape index (κ2) is 5.03. The fourth-order valence-corrected chi connectivity index (χ4v) is 2.08. The van der Waals surface area contributed by atoms with Crippen LogP contribution in [0, 0.1) is 5.92 Å². The van der Waals surface area contributed by atoms with Gasteiger partial charge in [-0.15, -0.1) is 0 Å². The molecule has 0 bridgehead atoms. The summed E-state index contributed by atoms with van der Waals surface area (Å²) < 4.78 is 39.0. The van der Waals surface area contributed by atoms with Gasteiger partial charge in [0.15, 0.2) is 0 Å². The summed E-state index contributed by atoms with van der Waals surface area (Å²) in [4.78, 5) is 5.86. The highest BCUT2D eigenvalue weighted by Gasteiger charge is 2.40. The van der Waals surface area contributed by atoms with Crippen LogP contribution in [0.2, 0.25) is 0 Å². The Hall–Kier alpha value is -1.11. The van der Waals surface area contributed by atoms with Crippen LogP contribution in [0.25, 0.3) is 0 Å². The summed E-state index contributed by atoms with van der Waals surface area (Å²) in [6.07, 6.45) is -0.544. The third-order valence-corrected chi connectivity index (χ3v) is 3.16. The molecule has 0 aromatic carbocycles. The van der Waals surface area contributed by atoms with E-state index in [1.54, 1.807) is 11.0 Å². The van der Waals surface area contributed by atoms with Gasteiger partial charge in [-0.3, -0.25) is 4.68 Å². The summed E-state index contributed by atoms with van der Waals surface area (Å²) in [7, 11) is 0. The molecule has 4 nitrogen and oxygen atoms in total. The van der Waals surface area contributed by atoms with Crippen LogP contribution in [0.3, 0.4) is 0 Å². The van der Waals surface area contributed by atoms with E-state index >= 15 is 0 Å². The Morgan fingerprint density at radius 1 is 1.18 bits per heavy atom. The van der Waals surface area contributed by atoms with Crippen molar-refractivity contribution in [1.82, 2.24) is 19.7 Å². The molecule has 0 saturated carbocycles. The maximum absolute atomic E-state index is 12.4. The molecule has 0 spiro atoms. The number of halogens is 3. The van der Waals surface area contributed by atoms with Crippen molar-refractivity contribution in [3.8, 4) is 0 Å². The van der Waals surface area contributed by atoms with Gasteiger partial charge >= 0.3 is 6.18 Å². The zero-order valence-electron chi connectivity index (χ0n) is 9.40. The fourth-order valence-electron chi connectivity index (χ4n) is 2.08. The van der Waals surface area contributed by atoms with Gasteiger partial charge in [0.1, 0.15) is 12.7 Å². The van der Waals surface area contributed by atoms with Crippen LogP contribution in [0.15, 0.2) is 12.7 Å². The van der Waals surface area contributed by atoms with Crippen molar-refractivity contribution >= 4 is 0 Å². The molecule has 1 aromatic rings. The molecule has 0 aliphatic carbocycles. The number of piperidine rings is 1. The lowest BCUT2D eigenvalue weighted by Crippen LogP contribution is -2.40. The second-order valence-electron chi connectivity index (χ2n) is 4.32. The van der Waals surface area contributed by atoms with Crippen LogP contribution in [0.1, 0.15) is 12.8 Å². The zero-order valence-corrected chi connectivity index (χ0v) is 9.40. The van der Waals surface area contributed by atoms with Gasteiger partial charge in [-0.05, 0) is 25.9 Å². The highest BCUT2D eigenvalue weighted by atomic mass is 19.4. The van der Waals surface area contributed by atoms with E-state index in [1.165, 1.54) is 6.33 Å². The molecule has 0 N–H and O–H groups in total. The van der Waals surface area contributed by atoms with Gasteiger partial charge in [-0.1, -0.05) is 0 Å². The van der Waals surface area contributed by atoms with Crippen LogP contribution in [-0.4, -0.2) is 45.5 Å². The van der Waals surface area contributed by atoms with Gasteiger partial charge in [0, 0.05) is 6.54 Å². The molecule has 0 atom stereocenters. The normalized spacial score (nSPS) is 19.7. The molecule has 0 unspecified atom stereocenters. The number of likely N-dealkylation sites (tertiary alicyclic amines) is 1. The van der Waals surface area contributed by atoms with Gasteiger partial charge in [-0.25, -0.2) is 4.98 Å². The van der Waals surface area contributed by atoms with E-state index in [9.17, 15) is 13.2 Å². The summed E-state index contributed by atoms with van der Waals surface area (Å²) in [5, 5.41) is 3.95. The Kier molecular flexibility index (Phi) is 3.66. The molecule has 2 rings (SSSR count). The average Bonchev–Trinajstić information content (AvgIpc) is 2.78. The Morgan fingerprint density at radius 3 is 2.41 bits per heavy atom. The molecule has 1 fully saturated rings. The van der Waals surface area contributed by atoms with Crippen LogP contribution < -0.4 is 0 Å². The first-order valence-corrected chi connectivity index (χ1v) is 5.67. The molecule has 0 radical (unpaired) electrons. The monoisotopic (exact) mass is 248 g/mol. The summed E-state index contributed by atoms with van der Waals surface area (Å²) in [5.41, 5.74) is 0. The molecule has 17 heavy (non-hydrogen) atoms. The zero-order chi connectivity index (χ0) is 12.3. The van der Waals surface area contributed by atoms with E-state index in [1.807, 2.05) is 4.90 Å². The Morgan fingerprint density at radius 2 is 1.88 bits per heavy atom. The Bertz CT molecular complexity index is 328. The first-order valence-electron chi connectivity index (χ1n) is 5.67. The molecule has 96 valence electrons. The van der Waals surface area contributed by atoms with Crippen molar-refractivity contribution in [2.45, 2.75) is 25.6 Å². The van der Waals surface area contributed by atoms with Gasteiger partial charge in [0.25, 0.3) is 0 Å². The van der Waals surface area contributed by atoms with Gasteiger partial charge in [0.05, 0.1) is 12.5 Å². The summed E-state index contributed by atoms with van der Waals surface area (Å²) >= 11 is 0. The minimum Gasteiger partial charge on any atom is -0.301 e. The van der Waals surface area contributed by atoms with Gasteiger partial charge in [0.2, 0.25) is 0 Å². The van der Waals surface area contributed by atoms with Crippen LogP contribution in [0.4, 0.5) is 13.2 Å². The fraction of sp³-hybridized carbons (Fsp3) is 0.800. The van der Waals surface area contributed by atoms with Crippen LogP contribution >= 0.6 is 0 Å². The third kappa shape index (κ3) is 3.42. The molecule has 1 aromatic heterocycles. The number of rotatable bonds is 3. The minimum absolute atomic E-state index is 0.209. The minimum atomic E-state index is -4.03. The third-order valence-electron chi connectivity index (χ3n) is 3.16. The highest BCUT2D eigenvalue weighted by molar-refractivity contribution is 4.77. The molecule has 0 amide bonds. The number of hydrogen-bond acceptors (Lipinski definition) is 3. The average molecular weight is 248 g/mol. The molecular weight excluding hydrogens is 233 g/mol. The second-order valence-corrected chi connectivity index (χ2v) is 4.32. The quantitative estimate of drug-likeness (QED) is 0.814. The summed E-state index contributed by atoms with van der Waals surface area (Å²) in [6, 6.07) is 0. The molecule has 1 aliphatic rings. The van der Waals surface area contributed by atoms with Crippen molar-refractivity contribution in [2.75, 3.05) is 19.6 Å². The number of aromatic nitrogens is 3. The van der Waals surface area contributed by atoms with Crippen molar-refractivity contribution in [3.63, 3.8) is 0 Å². The van der Waals surface area contributed by atoms with Gasteiger partial charge in [-0.2, -0.15) is 18.3 Å². The Balaban J connectivity index is 1.72. The maximum atomic E-state index is 12.4. The van der Waals surface area contributed by atoms with E-state index < -0.39 is 12.1 Å². The predicted octanol–water partition coefficient (Wildman–Crippen LogP) is 1.55. The molecule has 2 heterocycles. The number of alkyl halides is 3. The standard InChI is InChI=1S/C10H15F3N4/c11-10(12,13)9-1-3-16(4-2-9)5-6-17-8-14-7-15-17/h7-9H,1-6H2. The topological polar surface area (TPSA) is 34.0 Å². The lowest BCUT2D eigenvalue weighted by Gasteiger charge is -2.32. The number of hydrogen-bond donors (Lipinski definition) is 0. The Labute approximate surface area is 97.4 Å². The van der Waals surface area contributed by atoms with Crippen molar-refractivity contribution < 1.29 is 13.2 Å². The lowest BCUT2D eigenvalue weighted by molar-refractivity contribution is -0.185. The van der Waals surface area contributed by atoms with Crippen molar-refractivity contribution in [1.29, 1.82) is 0 Å². The number of nitrogens with zero attached hydrogens (tertiary/aromatic N) is 4. The van der Waals surface area contributed by atoms with E-state index in [0.717, 1.165) is 6.54 Å². The van der Waals surface area contributed by atoms with Crippen LogP contribution in [0.5, 0.6) is 0 Å². The van der Waals surface area contributed by atoms with E-state index in [-0.39, 0.29) is 12.8 Å². The largest absolute Gasteiger partial charge is 0.391 e. The molecule has 7 heteroatoms. The lowest BCUT2D eigenvalue weighted by atomic mass is 9.96. The predicted molar refractivity (Wildman–Crippen MR) is 55.2 cm³/mol. The van der Waals surface area contributed by atoms with Crippen molar-refractivity contribution in [2.24, 2.45) is 5.92 Å². The van der Waals surface area contributed by atoms with Gasteiger partial charge < -0.3 is 4.90 Å². The van der Waals surface area contributed by atoms with Crippen LogP contribution in [-0.2, 0) is 6.54 Å². The van der Waals surface area contributed by atoms with E-state index in [0.29, 0.717) is 19.6 Å². The first kappa shape index (κ1) is 12.3. The highest BCUT2D eigenvalue weighted by Crippen LogP contribution is 2.33. The molecule has 1 aliphatic heterocycles. The first-order chi connectivity index (χ1) is 8.05. The SMILES string of the molecule is FC(F)(F)C1CCN(CCn2cncn2)CC1. The van der Waals surface area contributed by atoms with E-state index in [2.05, 4.69) is 10.1 Å². The summed E-state index contributed by atoms with van der Waals surface area (Å²) in [5.74, 6) is -1.12. The summed E-state index contributed by atoms with van der Waals surface area (Å²) in [6.45, 7) is 2.43. The maximum Gasteiger partial charge on any atom is 0.391 e. The molecular formula is C10H15F3N4. The smallest absolute Gasteiger partial charge is 0.301 e. The van der Waals surface area contributed by atoms with E-state index in [4.69, 9.17) is 0 Å². The van der Waals surface area contributed by atoms with Crippen molar-refractivity contribution in [3.05, 3.63) is 12.7 Å².